The highest BCUT2D eigenvalue weighted by molar-refractivity contribution is 7.99. The maximum absolute atomic E-state index is 12.5. The Morgan fingerprint density at radius 2 is 1.78 bits per heavy atom. The van der Waals surface area contributed by atoms with Crippen LogP contribution >= 0.6 is 11.8 Å². The number of aromatic nitrogens is 2. The van der Waals surface area contributed by atoms with Crippen LogP contribution in [0.3, 0.4) is 0 Å². The van der Waals surface area contributed by atoms with Crippen LogP contribution in [0.1, 0.15) is 38.1 Å². The minimum atomic E-state index is -0.360. The Hall–Kier alpha value is -3.00. The van der Waals surface area contributed by atoms with E-state index in [1.165, 1.54) is 11.8 Å². The number of fused-ring (bicyclic) bond motifs is 1. The van der Waals surface area contributed by atoms with E-state index < -0.39 is 0 Å². The van der Waals surface area contributed by atoms with Crippen LogP contribution in [-0.4, -0.2) is 46.9 Å². The highest BCUT2D eigenvalue weighted by Crippen LogP contribution is 2.26. The van der Waals surface area contributed by atoms with Crippen LogP contribution in [0, 0.1) is 0 Å². The number of esters is 1. The minimum Gasteiger partial charge on any atom is -0.462 e. The first-order valence-electron chi connectivity index (χ1n) is 11.0. The second-order valence-electron chi connectivity index (χ2n) is 7.12. The van der Waals surface area contributed by atoms with E-state index in [2.05, 4.69) is 29.0 Å². The zero-order chi connectivity index (χ0) is 23.1. The predicted molar refractivity (Wildman–Crippen MR) is 131 cm³/mol. The maximum Gasteiger partial charge on any atom is 0.338 e. The first-order chi connectivity index (χ1) is 15.5. The third-order valence-corrected chi connectivity index (χ3v) is 6.13. The van der Waals surface area contributed by atoms with E-state index in [1.807, 2.05) is 41.8 Å². The van der Waals surface area contributed by atoms with Crippen LogP contribution in [0.25, 0.3) is 11.0 Å². The zero-order valence-corrected chi connectivity index (χ0v) is 19.9. The van der Waals surface area contributed by atoms with Crippen LogP contribution in [0.2, 0.25) is 0 Å². The number of hydrogen-bond donors (Lipinski definition) is 1. The van der Waals surface area contributed by atoms with E-state index >= 15 is 0 Å². The van der Waals surface area contributed by atoms with Crippen molar-refractivity contribution in [3.8, 4) is 0 Å². The summed E-state index contributed by atoms with van der Waals surface area (Å²) in [6.45, 7) is 11.0. The average molecular weight is 455 g/mol. The summed E-state index contributed by atoms with van der Waals surface area (Å²) in [6.07, 6.45) is 0. The highest BCUT2D eigenvalue weighted by atomic mass is 32.2. The van der Waals surface area contributed by atoms with Gasteiger partial charge in [-0.25, -0.2) is 9.78 Å². The molecule has 0 aliphatic heterocycles. The van der Waals surface area contributed by atoms with Gasteiger partial charge < -0.3 is 19.5 Å². The number of imidazole rings is 1. The van der Waals surface area contributed by atoms with E-state index in [9.17, 15) is 9.59 Å². The van der Waals surface area contributed by atoms with Crippen LogP contribution in [0.5, 0.6) is 0 Å². The number of carbonyl (C=O) groups excluding carboxylic acids is 2. The van der Waals surface area contributed by atoms with Crippen molar-refractivity contribution in [3.63, 3.8) is 0 Å². The molecule has 0 fully saturated rings. The molecule has 1 N–H and O–H groups in total. The van der Waals surface area contributed by atoms with Gasteiger partial charge in [0, 0.05) is 31.0 Å². The number of anilines is 2. The summed E-state index contributed by atoms with van der Waals surface area (Å²) in [6, 6.07) is 13.3. The van der Waals surface area contributed by atoms with Crippen molar-refractivity contribution in [1.29, 1.82) is 0 Å². The normalized spacial score (nSPS) is 10.9. The van der Waals surface area contributed by atoms with Gasteiger partial charge in [-0.15, -0.1) is 0 Å². The standard InChI is InChI=1S/C24H30N4O3S/c1-5-27(6-2)19-12-10-18(11-13-19)25-22(29)16-32-24-26-20-15-17(23(30)31-8-4)9-14-21(20)28(24)7-3/h9-15H,5-8,16H2,1-4H3,(H,25,29). The van der Waals surface area contributed by atoms with Crippen molar-refractivity contribution in [2.75, 3.05) is 35.7 Å². The van der Waals surface area contributed by atoms with Crippen LogP contribution in [0.15, 0.2) is 47.6 Å². The van der Waals surface area contributed by atoms with E-state index in [4.69, 9.17) is 4.74 Å². The Morgan fingerprint density at radius 1 is 1.06 bits per heavy atom. The Labute approximate surface area is 193 Å². The number of benzene rings is 2. The Bertz CT molecular complexity index is 1070. The molecule has 3 rings (SSSR count). The number of nitrogens with zero attached hydrogens (tertiary/aromatic N) is 3. The molecule has 3 aromatic rings. The molecule has 0 radical (unpaired) electrons. The van der Waals surface area contributed by atoms with Gasteiger partial charge >= 0.3 is 5.97 Å². The third-order valence-electron chi connectivity index (χ3n) is 5.15. The molecule has 1 heterocycles. The van der Waals surface area contributed by atoms with Crippen molar-refractivity contribution in [1.82, 2.24) is 9.55 Å². The van der Waals surface area contributed by atoms with Gasteiger partial charge in [-0.1, -0.05) is 11.8 Å². The molecule has 0 saturated heterocycles. The van der Waals surface area contributed by atoms with Gasteiger partial charge in [0.05, 0.1) is 29.0 Å². The molecule has 0 atom stereocenters. The lowest BCUT2D eigenvalue weighted by Crippen LogP contribution is -2.21. The Balaban J connectivity index is 1.67. The van der Waals surface area contributed by atoms with Gasteiger partial charge in [0.15, 0.2) is 5.16 Å². The molecule has 2 aromatic carbocycles. The van der Waals surface area contributed by atoms with E-state index in [-0.39, 0.29) is 17.6 Å². The van der Waals surface area contributed by atoms with Crippen LogP contribution < -0.4 is 10.2 Å². The molecule has 0 aliphatic rings. The minimum absolute atomic E-state index is 0.0903. The summed E-state index contributed by atoms with van der Waals surface area (Å²) in [7, 11) is 0. The lowest BCUT2D eigenvalue weighted by atomic mass is 10.2. The number of rotatable bonds is 10. The van der Waals surface area contributed by atoms with E-state index in [1.54, 1.807) is 19.1 Å². The second-order valence-corrected chi connectivity index (χ2v) is 8.06. The number of thioether (sulfide) groups is 1. The fraction of sp³-hybridized carbons (Fsp3) is 0.375. The predicted octanol–water partition coefficient (Wildman–Crippen LogP) is 4.81. The van der Waals surface area contributed by atoms with Crippen molar-refractivity contribution in [3.05, 3.63) is 48.0 Å². The van der Waals surface area contributed by atoms with Crippen LogP contribution in [0.4, 0.5) is 11.4 Å². The smallest absolute Gasteiger partial charge is 0.338 e. The summed E-state index contributed by atoms with van der Waals surface area (Å²) in [4.78, 5) is 31.4. The molecular formula is C24H30N4O3S. The third kappa shape index (κ3) is 5.43. The van der Waals surface area contributed by atoms with Crippen LogP contribution in [-0.2, 0) is 16.1 Å². The largest absolute Gasteiger partial charge is 0.462 e. The van der Waals surface area contributed by atoms with E-state index in [0.29, 0.717) is 24.2 Å². The summed E-state index contributed by atoms with van der Waals surface area (Å²) in [5.41, 5.74) is 4.03. The van der Waals surface area contributed by atoms with Gasteiger partial charge in [0.1, 0.15) is 0 Å². The molecule has 0 bridgehead atoms. The monoisotopic (exact) mass is 454 g/mol. The highest BCUT2D eigenvalue weighted by Gasteiger charge is 2.15. The zero-order valence-electron chi connectivity index (χ0n) is 19.1. The summed E-state index contributed by atoms with van der Waals surface area (Å²) < 4.78 is 7.12. The fourth-order valence-electron chi connectivity index (χ4n) is 3.54. The molecule has 1 amide bonds. The summed E-state index contributed by atoms with van der Waals surface area (Å²) in [5, 5.41) is 3.69. The molecule has 0 spiro atoms. The first-order valence-corrected chi connectivity index (χ1v) is 11.9. The molecule has 7 nitrogen and oxygen atoms in total. The molecule has 0 aliphatic carbocycles. The molecule has 32 heavy (non-hydrogen) atoms. The molecule has 170 valence electrons. The number of carbonyl (C=O) groups is 2. The van der Waals surface area contributed by atoms with Crippen molar-refractivity contribution in [2.45, 2.75) is 39.4 Å². The van der Waals surface area contributed by atoms with E-state index in [0.717, 1.165) is 35.1 Å². The SMILES string of the molecule is CCOC(=O)c1ccc2c(c1)nc(SCC(=O)Nc1ccc(N(CC)CC)cc1)n2CC. The number of amides is 1. The molecule has 0 saturated carbocycles. The van der Waals surface area contributed by atoms with Gasteiger partial charge in [-0.3, -0.25) is 4.79 Å². The number of nitrogens with one attached hydrogen (secondary N) is 1. The Kier molecular flexibility index (Phi) is 8.16. The van der Waals surface area contributed by atoms with Crippen molar-refractivity contribution >= 4 is 46.0 Å². The average Bonchev–Trinajstić information content (AvgIpc) is 3.16. The molecule has 8 heteroatoms. The fourth-order valence-corrected chi connectivity index (χ4v) is 4.41. The lowest BCUT2D eigenvalue weighted by Gasteiger charge is -2.21. The number of aryl methyl sites for hydroxylation is 1. The number of ether oxygens (including phenoxy) is 1. The van der Waals surface area contributed by atoms with Gasteiger partial charge in [-0.2, -0.15) is 0 Å². The lowest BCUT2D eigenvalue weighted by molar-refractivity contribution is -0.113. The molecular weight excluding hydrogens is 424 g/mol. The topological polar surface area (TPSA) is 76.5 Å². The van der Waals surface area contributed by atoms with Crippen molar-refractivity contribution in [2.24, 2.45) is 0 Å². The summed E-state index contributed by atoms with van der Waals surface area (Å²) in [5.74, 6) is -0.208. The molecule has 1 aromatic heterocycles. The second kappa shape index (κ2) is 11.0. The maximum atomic E-state index is 12.5. The van der Waals surface area contributed by atoms with Gasteiger partial charge in [-0.05, 0) is 70.2 Å². The number of hydrogen-bond acceptors (Lipinski definition) is 6. The first kappa shape index (κ1) is 23.7. The van der Waals surface area contributed by atoms with Crippen molar-refractivity contribution < 1.29 is 14.3 Å². The Morgan fingerprint density at radius 3 is 2.41 bits per heavy atom. The van der Waals surface area contributed by atoms with Gasteiger partial charge in [0.25, 0.3) is 0 Å². The van der Waals surface area contributed by atoms with Gasteiger partial charge in [0.2, 0.25) is 5.91 Å². The summed E-state index contributed by atoms with van der Waals surface area (Å²) >= 11 is 1.38. The molecule has 0 unspecified atom stereocenters. The quantitative estimate of drug-likeness (QED) is 0.350.